The molecule has 6 heteroatoms. The lowest BCUT2D eigenvalue weighted by Crippen LogP contribution is -2.41. The van der Waals surface area contributed by atoms with Crippen LogP contribution in [0.2, 0.25) is 5.02 Å². The summed E-state index contributed by atoms with van der Waals surface area (Å²) >= 11 is 9.24. The number of likely N-dealkylation sites (tertiary alicyclic amines) is 1. The molecule has 1 aromatic rings. The Labute approximate surface area is 131 Å². The van der Waals surface area contributed by atoms with Crippen molar-refractivity contribution in [1.82, 2.24) is 4.90 Å². The van der Waals surface area contributed by atoms with Gasteiger partial charge in [-0.15, -0.1) is 0 Å². The van der Waals surface area contributed by atoms with E-state index >= 15 is 0 Å². The predicted molar refractivity (Wildman–Crippen MR) is 80.1 cm³/mol. The number of benzene rings is 1. The second kappa shape index (κ2) is 7.38. The van der Waals surface area contributed by atoms with E-state index in [1.165, 1.54) is 18.2 Å². The van der Waals surface area contributed by atoms with Crippen molar-refractivity contribution in [3.05, 3.63) is 34.6 Å². The van der Waals surface area contributed by atoms with E-state index in [0.29, 0.717) is 25.3 Å². The van der Waals surface area contributed by atoms with Gasteiger partial charge in [0, 0.05) is 18.4 Å². The normalized spacial score (nSPS) is 16.4. The molecule has 0 N–H and O–H groups in total. The van der Waals surface area contributed by atoms with Gasteiger partial charge >= 0.3 is 0 Å². The molecule has 0 aliphatic carbocycles. The van der Waals surface area contributed by atoms with Gasteiger partial charge in [0.25, 0.3) is 5.91 Å². The summed E-state index contributed by atoms with van der Waals surface area (Å²) in [5.41, 5.74) is 0.355. The van der Waals surface area contributed by atoms with Crippen molar-refractivity contribution in [2.45, 2.75) is 18.9 Å². The van der Waals surface area contributed by atoms with Gasteiger partial charge < -0.3 is 9.64 Å². The van der Waals surface area contributed by atoms with E-state index in [0.717, 1.165) is 18.2 Å². The lowest BCUT2D eigenvalue weighted by Gasteiger charge is -2.32. The molecule has 1 aliphatic heterocycles. The first-order valence-electron chi connectivity index (χ1n) is 6.53. The van der Waals surface area contributed by atoms with Gasteiger partial charge in [0.05, 0.1) is 23.3 Å². The number of ether oxygens (including phenoxy) is 1. The van der Waals surface area contributed by atoms with Crippen LogP contribution in [-0.2, 0) is 4.74 Å². The van der Waals surface area contributed by atoms with Gasteiger partial charge in [-0.2, -0.15) is 0 Å². The van der Waals surface area contributed by atoms with E-state index in [2.05, 4.69) is 15.9 Å². The Kier molecular flexibility index (Phi) is 5.81. The summed E-state index contributed by atoms with van der Waals surface area (Å²) < 4.78 is 18.6. The fourth-order valence-corrected chi connectivity index (χ4v) is 2.71. The maximum atomic E-state index is 13.0. The third-order valence-corrected chi connectivity index (χ3v) is 3.96. The lowest BCUT2D eigenvalue weighted by molar-refractivity contribution is 0.0160. The van der Waals surface area contributed by atoms with Crippen LogP contribution in [0, 0.1) is 5.82 Å². The monoisotopic (exact) mass is 363 g/mol. The number of nitrogens with zero attached hydrogens (tertiary/aromatic N) is 1. The van der Waals surface area contributed by atoms with Crippen LogP contribution in [-0.4, -0.2) is 41.9 Å². The van der Waals surface area contributed by atoms with Crippen LogP contribution < -0.4 is 0 Å². The van der Waals surface area contributed by atoms with Gasteiger partial charge in [-0.3, -0.25) is 4.79 Å². The number of hydrogen-bond acceptors (Lipinski definition) is 2. The average Bonchev–Trinajstić information content (AvgIpc) is 2.45. The molecule has 0 spiro atoms. The first-order valence-corrected chi connectivity index (χ1v) is 8.03. The van der Waals surface area contributed by atoms with Crippen molar-refractivity contribution >= 4 is 33.4 Å². The Balaban J connectivity index is 1.94. The lowest BCUT2D eigenvalue weighted by atomic mass is 10.1. The standard InChI is InChI=1S/C14H16BrClFNO2/c15-5-8-20-11-3-6-18(7-4-11)14(19)12-2-1-10(17)9-13(12)16/h1-2,9,11H,3-8H2. The zero-order valence-electron chi connectivity index (χ0n) is 10.9. The Morgan fingerprint density at radius 1 is 1.45 bits per heavy atom. The third-order valence-electron chi connectivity index (χ3n) is 3.32. The van der Waals surface area contributed by atoms with E-state index in [1.54, 1.807) is 4.90 Å². The molecule has 1 aromatic carbocycles. The van der Waals surface area contributed by atoms with Crippen LogP contribution in [0.5, 0.6) is 0 Å². The maximum Gasteiger partial charge on any atom is 0.255 e. The second-order valence-corrected chi connectivity index (χ2v) is 5.88. The van der Waals surface area contributed by atoms with Crippen LogP contribution >= 0.6 is 27.5 Å². The van der Waals surface area contributed by atoms with Crippen molar-refractivity contribution < 1.29 is 13.9 Å². The molecule has 1 amide bonds. The molecule has 0 radical (unpaired) electrons. The highest BCUT2D eigenvalue weighted by molar-refractivity contribution is 9.09. The molecule has 0 saturated carbocycles. The molecule has 3 nitrogen and oxygen atoms in total. The number of carbonyl (C=O) groups is 1. The highest BCUT2D eigenvalue weighted by Crippen LogP contribution is 2.22. The Morgan fingerprint density at radius 2 is 2.15 bits per heavy atom. The summed E-state index contributed by atoms with van der Waals surface area (Å²) in [5.74, 6) is -0.581. The topological polar surface area (TPSA) is 29.5 Å². The Bertz CT molecular complexity index is 478. The predicted octanol–water partition coefficient (Wildman–Crippen LogP) is 3.50. The maximum absolute atomic E-state index is 13.0. The molecular weight excluding hydrogens is 349 g/mol. The molecular formula is C14H16BrClFNO2. The van der Waals surface area contributed by atoms with Crippen LogP contribution in [0.3, 0.4) is 0 Å². The molecule has 0 bridgehead atoms. The fraction of sp³-hybridized carbons (Fsp3) is 0.500. The number of halogens is 3. The average molecular weight is 365 g/mol. The van der Waals surface area contributed by atoms with E-state index < -0.39 is 5.82 Å². The third kappa shape index (κ3) is 3.93. The second-order valence-electron chi connectivity index (χ2n) is 4.68. The molecule has 1 fully saturated rings. The molecule has 0 atom stereocenters. The quantitative estimate of drug-likeness (QED) is 0.765. The van der Waals surface area contributed by atoms with Crippen LogP contribution in [0.15, 0.2) is 18.2 Å². The zero-order chi connectivity index (χ0) is 14.5. The highest BCUT2D eigenvalue weighted by atomic mass is 79.9. The number of rotatable bonds is 4. The molecule has 20 heavy (non-hydrogen) atoms. The first kappa shape index (κ1) is 15.7. The molecule has 110 valence electrons. The van der Waals surface area contributed by atoms with Gasteiger partial charge in [0.1, 0.15) is 5.82 Å². The minimum Gasteiger partial charge on any atom is -0.377 e. The number of alkyl halides is 1. The summed E-state index contributed by atoms with van der Waals surface area (Å²) in [7, 11) is 0. The SMILES string of the molecule is O=C(c1ccc(F)cc1Cl)N1CCC(OCCBr)CC1. The molecule has 0 aromatic heterocycles. The molecule has 1 heterocycles. The van der Waals surface area contributed by atoms with Crippen molar-refractivity contribution in [1.29, 1.82) is 0 Å². The summed E-state index contributed by atoms with van der Waals surface area (Å²) in [6.45, 7) is 1.96. The number of piperidine rings is 1. The summed E-state index contributed by atoms with van der Waals surface area (Å²) in [6, 6.07) is 3.86. The van der Waals surface area contributed by atoms with Crippen molar-refractivity contribution in [3.63, 3.8) is 0 Å². The zero-order valence-corrected chi connectivity index (χ0v) is 13.3. The van der Waals surface area contributed by atoms with Gasteiger partial charge in [-0.25, -0.2) is 4.39 Å². The van der Waals surface area contributed by atoms with Gasteiger partial charge in [-0.05, 0) is 31.0 Å². The first-order chi connectivity index (χ1) is 9.61. The summed E-state index contributed by atoms with van der Waals surface area (Å²) in [5, 5.41) is 0.977. The van der Waals surface area contributed by atoms with Crippen molar-refractivity contribution in [2.75, 3.05) is 25.0 Å². The Hall–Kier alpha value is -0.650. The number of amides is 1. The van der Waals surface area contributed by atoms with Gasteiger partial charge in [0.2, 0.25) is 0 Å². The highest BCUT2D eigenvalue weighted by Gasteiger charge is 2.25. The van der Waals surface area contributed by atoms with E-state index in [-0.39, 0.29) is 17.0 Å². The van der Waals surface area contributed by atoms with Crippen LogP contribution in [0.4, 0.5) is 4.39 Å². The molecule has 0 unspecified atom stereocenters. The number of carbonyl (C=O) groups excluding carboxylic acids is 1. The smallest absolute Gasteiger partial charge is 0.255 e. The molecule has 1 aliphatic rings. The van der Waals surface area contributed by atoms with Crippen molar-refractivity contribution in [3.8, 4) is 0 Å². The van der Waals surface area contributed by atoms with E-state index in [1.807, 2.05) is 0 Å². The van der Waals surface area contributed by atoms with E-state index in [9.17, 15) is 9.18 Å². The van der Waals surface area contributed by atoms with Gasteiger partial charge in [-0.1, -0.05) is 27.5 Å². The van der Waals surface area contributed by atoms with Crippen molar-refractivity contribution in [2.24, 2.45) is 0 Å². The minimum absolute atomic E-state index is 0.144. The largest absolute Gasteiger partial charge is 0.377 e. The molecule has 1 saturated heterocycles. The summed E-state index contributed by atoms with van der Waals surface area (Å²) in [4.78, 5) is 14.1. The minimum atomic E-state index is -0.437. The van der Waals surface area contributed by atoms with Crippen LogP contribution in [0.25, 0.3) is 0 Å². The number of hydrogen-bond donors (Lipinski definition) is 0. The van der Waals surface area contributed by atoms with Crippen LogP contribution in [0.1, 0.15) is 23.2 Å². The fourth-order valence-electron chi connectivity index (χ4n) is 2.27. The van der Waals surface area contributed by atoms with E-state index in [4.69, 9.17) is 16.3 Å². The Morgan fingerprint density at radius 3 is 2.75 bits per heavy atom. The van der Waals surface area contributed by atoms with Gasteiger partial charge in [0.15, 0.2) is 0 Å². The summed E-state index contributed by atoms with van der Waals surface area (Å²) in [6.07, 6.45) is 1.84. The molecule has 2 rings (SSSR count).